The van der Waals surface area contributed by atoms with Crippen molar-refractivity contribution in [2.75, 3.05) is 0 Å². The average Bonchev–Trinajstić information content (AvgIpc) is 2.80. The molecule has 0 fully saturated rings. The summed E-state index contributed by atoms with van der Waals surface area (Å²) >= 11 is 0. The van der Waals surface area contributed by atoms with E-state index in [4.69, 9.17) is 0 Å². The molecule has 0 amide bonds. The van der Waals surface area contributed by atoms with Crippen LogP contribution in [0, 0.1) is 18.6 Å². The first-order valence-electron chi connectivity index (χ1n) is 6.02. The van der Waals surface area contributed by atoms with E-state index < -0.39 is 17.6 Å². The molecule has 0 saturated carbocycles. The van der Waals surface area contributed by atoms with Gasteiger partial charge in [-0.25, -0.2) is 23.1 Å². The summed E-state index contributed by atoms with van der Waals surface area (Å²) in [5, 5.41) is 13.2. The number of nitrogens with zero attached hydrogens (tertiary/aromatic N) is 3. The van der Waals surface area contributed by atoms with Crippen LogP contribution in [0.25, 0.3) is 16.9 Å². The third-order valence-electron chi connectivity index (χ3n) is 2.97. The minimum atomic E-state index is -1.23. The molecule has 3 aromatic rings. The van der Waals surface area contributed by atoms with Crippen LogP contribution >= 0.6 is 0 Å². The van der Waals surface area contributed by atoms with Crippen molar-refractivity contribution in [2.45, 2.75) is 6.92 Å². The van der Waals surface area contributed by atoms with Crippen molar-refractivity contribution < 1.29 is 18.7 Å². The number of carboxylic acids is 1. The quantitative estimate of drug-likeness (QED) is 0.787. The maximum Gasteiger partial charge on any atom is 0.354 e. The number of hydrogen-bond acceptors (Lipinski definition) is 3. The molecule has 0 atom stereocenters. The van der Waals surface area contributed by atoms with Crippen LogP contribution in [-0.4, -0.2) is 25.7 Å². The van der Waals surface area contributed by atoms with Crippen LogP contribution in [0.2, 0.25) is 0 Å². The maximum atomic E-state index is 13.8. The molecular formula is C14H9F2N3O2. The van der Waals surface area contributed by atoms with Gasteiger partial charge in [-0.3, -0.25) is 0 Å². The number of aromatic nitrogens is 3. The van der Waals surface area contributed by atoms with Gasteiger partial charge in [0.25, 0.3) is 0 Å². The molecule has 2 heterocycles. The zero-order chi connectivity index (χ0) is 15.1. The van der Waals surface area contributed by atoms with Gasteiger partial charge in [0.05, 0.1) is 11.4 Å². The smallest absolute Gasteiger partial charge is 0.354 e. The molecule has 0 radical (unpaired) electrons. The number of benzene rings is 1. The Morgan fingerprint density at radius 2 is 2.00 bits per heavy atom. The molecule has 3 rings (SSSR count). The van der Waals surface area contributed by atoms with Gasteiger partial charge < -0.3 is 5.11 Å². The molecule has 0 aliphatic carbocycles. The Balaban J connectivity index is 2.33. The number of carbonyl (C=O) groups is 1. The Bertz CT molecular complexity index is 874. The van der Waals surface area contributed by atoms with Crippen molar-refractivity contribution in [3.8, 4) is 11.3 Å². The van der Waals surface area contributed by atoms with Gasteiger partial charge in [0.15, 0.2) is 11.3 Å². The average molecular weight is 289 g/mol. The monoisotopic (exact) mass is 289 g/mol. The molecule has 1 aromatic carbocycles. The summed E-state index contributed by atoms with van der Waals surface area (Å²) in [6, 6.07) is 5.66. The number of hydrogen-bond donors (Lipinski definition) is 1. The normalized spacial score (nSPS) is 11.0. The van der Waals surface area contributed by atoms with E-state index in [1.54, 1.807) is 13.0 Å². The van der Waals surface area contributed by atoms with E-state index in [1.807, 2.05) is 0 Å². The Morgan fingerprint density at radius 1 is 1.24 bits per heavy atom. The molecule has 2 aromatic heterocycles. The first-order chi connectivity index (χ1) is 9.95. The van der Waals surface area contributed by atoms with Gasteiger partial charge in [0.2, 0.25) is 0 Å². The molecule has 21 heavy (non-hydrogen) atoms. The predicted molar refractivity (Wildman–Crippen MR) is 70.0 cm³/mol. The van der Waals surface area contributed by atoms with Crippen LogP contribution in [0.15, 0.2) is 30.3 Å². The van der Waals surface area contributed by atoms with Crippen LogP contribution in [0.5, 0.6) is 0 Å². The minimum Gasteiger partial charge on any atom is -0.477 e. The van der Waals surface area contributed by atoms with Gasteiger partial charge in [0.1, 0.15) is 11.6 Å². The lowest BCUT2D eigenvalue weighted by molar-refractivity contribution is 0.0687. The number of carboxylic acid groups (broad SMARTS) is 1. The van der Waals surface area contributed by atoms with Gasteiger partial charge in [0, 0.05) is 11.6 Å². The second kappa shape index (κ2) is 4.62. The fraction of sp³-hybridized carbons (Fsp3) is 0.0714. The molecule has 0 bridgehead atoms. The van der Waals surface area contributed by atoms with Crippen molar-refractivity contribution in [1.82, 2.24) is 14.6 Å². The van der Waals surface area contributed by atoms with E-state index in [0.29, 0.717) is 5.69 Å². The molecule has 0 aliphatic rings. The largest absolute Gasteiger partial charge is 0.477 e. The molecule has 1 N–H and O–H groups in total. The number of aryl methyl sites for hydroxylation is 1. The zero-order valence-electron chi connectivity index (χ0n) is 10.8. The van der Waals surface area contributed by atoms with Crippen LogP contribution < -0.4 is 0 Å². The predicted octanol–water partition coefficient (Wildman–Crippen LogP) is 2.68. The standard InChI is InChI=1S/C14H9F2N3O2/c1-7-4-13-17-11(6-12(14(20)21)19(13)18-7)9-5-8(15)2-3-10(9)16/h2-6H,1H3,(H,20,21). The maximum absolute atomic E-state index is 13.8. The van der Waals surface area contributed by atoms with E-state index in [2.05, 4.69) is 10.1 Å². The molecule has 0 unspecified atom stereocenters. The summed E-state index contributed by atoms with van der Waals surface area (Å²) in [7, 11) is 0. The van der Waals surface area contributed by atoms with Crippen molar-refractivity contribution in [1.29, 1.82) is 0 Å². The van der Waals surface area contributed by atoms with Crippen LogP contribution in [-0.2, 0) is 0 Å². The molecule has 0 saturated heterocycles. The molecule has 0 spiro atoms. The summed E-state index contributed by atoms with van der Waals surface area (Å²) in [6.45, 7) is 1.68. The van der Waals surface area contributed by atoms with Crippen molar-refractivity contribution in [3.05, 3.63) is 53.4 Å². The highest BCUT2D eigenvalue weighted by atomic mass is 19.1. The van der Waals surface area contributed by atoms with Gasteiger partial charge in [-0.05, 0) is 31.2 Å². The van der Waals surface area contributed by atoms with Crippen LogP contribution in [0.4, 0.5) is 8.78 Å². The molecule has 5 nitrogen and oxygen atoms in total. The lowest BCUT2D eigenvalue weighted by Gasteiger charge is -2.06. The minimum absolute atomic E-state index is 0.0387. The summed E-state index contributed by atoms with van der Waals surface area (Å²) in [5.74, 6) is -2.54. The molecule has 0 aliphatic heterocycles. The van der Waals surface area contributed by atoms with Gasteiger partial charge in [-0.15, -0.1) is 0 Å². The summed E-state index contributed by atoms with van der Waals surface area (Å²) in [4.78, 5) is 15.4. The van der Waals surface area contributed by atoms with Gasteiger partial charge >= 0.3 is 5.97 Å². The number of rotatable bonds is 2. The van der Waals surface area contributed by atoms with Gasteiger partial charge in [-0.1, -0.05) is 0 Å². The van der Waals surface area contributed by atoms with E-state index in [9.17, 15) is 18.7 Å². The highest BCUT2D eigenvalue weighted by molar-refractivity contribution is 5.88. The zero-order valence-corrected chi connectivity index (χ0v) is 10.8. The van der Waals surface area contributed by atoms with Gasteiger partial charge in [-0.2, -0.15) is 5.10 Å². The fourth-order valence-electron chi connectivity index (χ4n) is 2.07. The Kier molecular flexibility index (Phi) is 2.90. The van der Waals surface area contributed by atoms with E-state index in [0.717, 1.165) is 22.7 Å². The highest BCUT2D eigenvalue weighted by Crippen LogP contribution is 2.24. The third kappa shape index (κ3) is 2.22. The van der Waals surface area contributed by atoms with E-state index in [-0.39, 0.29) is 22.6 Å². The molecule has 7 heteroatoms. The summed E-state index contributed by atoms with van der Waals surface area (Å²) < 4.78 is 28.2. The Hall–Kier alpha value is -2.83. The third-order valence-corrected chi connectivity index (χ3v) is 2.97. The summed E-state index contributed by atoms with van der Waals surface area (Å²) in [5.41, 5.74) is 0.593. The topological polar surface area (TPSA) is 67.5 Å². The lowest BCUT2D eigenvalue weighted by Crippen LogP contribution is -2.08. The lowest BCUT2D eigenvalue weighted by atomic mass is 10.1. The second-order valence-electron chi connectivity index (χ2n) is 4.51. The number of fused-ring (bicyclic) bond motifs is 1. The van der Waals surface area contributed by atoms with Crippen molar-refractivity contribution in [3.63, 3.8) is 0 Å². The summed E-state index contributed by atoms with van der Waals surface area (Å²) in [6.07, 6.45) is 0. The number of halogens is 2. The van der Waals surface area contributed by atoms with Crippen molar-refractivity contribution in [2.24, 2.45) is 0 Å². The first kappa shape index (κ1) is 13.2. The van der Waals surface area contributed by atoms with Crippen LogP contribution in [0.1, 0.15) is 16.2 Å². The van der Waals surface area contributed by atoms with Crippen molar-refractivity contribution >= 4 is 11.6 Å². The highest BCUT2D eigenvalue weighted by Gasteiger charge is 2.16. The molecular weight excluding hydrogens is 280 g/mol. The van der Waals surface area contributed by atoms with E-state index in [1.165, 1.54) is 6.07 Å². The fourth-order valence-corrected chi connectivity index (χ4v) is 2.07. The van der Waals surface area contributed by atoms with Crippen LogP contribution in [0.3, 0.4) is 0 Å². The molecule has 106 valence electrons. The first-order valence-corrected chi connectivity index (χ1v) is 6.02. The Labute approximate surface area is 117 Å². The SMILES string of the molecule is Cc1cc2nc(-c3cc(F)ccc3F)cc(C(=O)O)n2n1. The second-order valence-corrected chi connectivity index (χ2v) is 4.51. The van der Waals surface area contributed by atoms with E-state index >= 15 is 0 Å². The number of aromatic carboxylic acids is 1. The Morgan fingerprint density at radius 3 is 2.71 bits per heavy atom.